The van der Waals surface area contributed by atoms with Gasteiger partial charge in [0.1, 0.15) is 37.7 Å². The summed E-state index contributed by atoms with van der Waals surface area (Å²) < 4.78 is 20.5. The number of nitrogens with zero attached hydrogens (tertiary/aromatic N) is 7. The number of halogens is 2. The molecule has 0 bridgehead atoms. The van der Waals surface area contributed by atoms with Crippen molar-refractivity contribution < 1.29 is 14.2 Å². The van der Waals surface area contributed by atoms with Gasteiger partial charge in [-0.2, -0.15) is 5.10 Å². The third kappa shape index (κ3) is 6.73. The molecule has 4 heterocycles. The molecule has 0 saturated carbocycles. The van der Waals surface area contributed by atoms with Crippen LogP contribution in [-0.4, -0.2) is 91.3 Å². The summed E-state index contributed by atoms with van der Waals surface area (Å²) in [5.74, 6) is 0.554. The summed E-state index contributed by atoms with van der Waals surface area (Å²) >= 11 is 12.7. The van der Waals surface area contributed by atoms with Crippen LogP contribution in [0.1, 0.15) is 5.56 Å². The van der Waals surface area contributed by atoms with Gasteiger partial charge in [-0.25, -0.2) is 9.67 Å². The number of rotatable bonds is 9. The second-order valence-corrected chi connectivity index (χ2v) is 12.4. The zero-order valence-corrected chi connectivity index (χ0v) is 27.1. The van der Waals surface area contributed by atoms with E-state index >= 15 is 0 Å². The minimum Gasteiger partial charge on any atom is -0.491 e. The molecule has 3 aliphatic rings. The molecule has 2 saturated heterocycles. The molecule has 2 atom stereocenters. The number of likely N-dealkylation sites (N-methyl/N-ethyl adjacent to an activating group) is 1. The van der Waals surface area contributed by atoms with Gasteiger partial charge < -0.3 is 34.2 Å². The predicted molar refractivity (Wildman–Crippen MR) is 180 cm³/mol. The molecule has 240 valence electrons. The summed E-state index contributed by atoms with van der Waals surface area (Å²) in [6.07, 6.45) is 2.77. The van der Waals surface area contributed by atoms with Crippen molar-refractivity contribution in [2.75, 3.05) is 74.6 Å². The molecule has 0 radical (unpaired) electrons. The van der Waals surface area contributed by atoms with Gasteiger partial charge in [0.25, 0.3) is 0 Å². The lowest BCUT2D eigenvalue weighted by Crippen LogP contribution is -2.46. The van der Waals surface area contributed by atoms with Gasteiger partial charge in [0.15, 0.2) is 5.96 Å². The third-order valence-electron chi connectivity index (χ3n) is 8.48. The largest absolute Gasteiger partial charge is 0.491 e. The number of nitrogens with one attached hydrogen (secondary N) is 1. The number of ether oxygens (including phenoxy) is 3. The highest BCUT2D eigenvalue weighted by molar-refractivity contribution is 6.35. The molecule has 11 nitrogen and oxygen atoms in total. The zero-order valence-electron chi connectivity index (χ0n) is 25.6. The molecular formula is C33H36Cl2N8O3. The molecule has 1 aromatic heterocycles. The number of aromatic nitrogens is 3. The summed E-state index contributed by atoms with van der Waals surface area (Å²) in [5, 5.41) is 8.69. The van der Waals surface area contributed by atoms with Crippen LogP contribution in [0.4, 0.5) is 17.1 Å². The molecule has 13 heteroatoms. The second-order valence-electron chi connectivity index (χ2n) is 11.6. The van der Waals surface area contributed by atoms with Crippen LogP contribution in [0.2, 0.25) is 10.0 Å². The minimum atomic E-state index is -1.14. The molecule has 0 amide bonds. The summed E-state index contributed by atoms with van der Waals surface area (Å²) in [6, 6.07) is 22.1. The highest BCUT2D eigenvalue weighted by Crippen LogP contribution is 2.40. The van der Waals surface area contributed by atoms with Gasteiger partial charge in [0.05, 0.1) is 18.2 Å². The third-order valence-corrected chi connectivity index (χ3v) is 9.03. The minimum absolute atomic E-state index is 0.280. The van der Waals surface area contributed by atoms with Crippen LogP contribution in [0.3, 0.4) is 0 Å². The summed E-state index contributed by atoms with van der Waals surface area (Å²) in [5.41, 5.74) is 4.13. The first kappa shape index (κ1) is 30.6. The molecule has 0 aliphatic carbocycles. The van der Waals surface area contributed by atoms with Crippen molar-refractivity contribution in [3.05, 3.63) is 95.0 Å². The van der Waals surface area contributed by atoms with E-state index < -0.39 is 5.79 Å². The Morgan fingerprint density at radius 3 is 2.48 bits per heavy atom. The fourth-order valence-electron chi connectivity index (χ4n) is 6.02. The van der Waals surface area contributed by atoms with Crippen LogP contribution in [0, 0.1) is 0 Å². The Bertz CT molecular complexity index is 1660. The Balaban J connectivity index is 0.929. The Morgan fingerprint density at radius 1 is 0.957 bits per heavy atom. The number of piperazine rings is 1. The van der Waals surface area contributed by atoms with Crippen LogP contribution in [0.5, 0.6) is 5.75 Å². The topological polar surface area (TPSA) is 92.5 Å². The van der Waals surface area contributed by atoms with Crippen molar-refractivity contribution in [3.63, 3.8) is 0 Å². The number of hydrogen-bond acceptors (Lipinski definition) is 10. The van der Waals surface area contributed by atoms with Gasteiger partial charge in [-0.05, 0) is 54.6 Å². The smallest absolute Gasteiger partial charge is 0.217 e. The van der Waals surface area contributed by atoms with Crippen molar-refractivity contribution in [3.8, 4) is 5.75 Å². The monoisotopic (exact) mass is 662 g/mol. The SMILES string of the molecule is CN1CCN=C1Nc1cccc(N2CCN(c3ccc(OCC4COC(Cn5cncn5)(c5ccc(Cl)cc5Cl)O4)cc3)CC2)c1. The van der Waals surface area contributed by atoms with E-state index in [2.05, 4.69) is 78.5 Å². The number of hydrogen-bond donors (Lipinski definition) is 1. The first-order valence-electron chi connectivity index (χ1n) is 15.4. The number of guanidine groups is 1. The number of benzene rings is 3. The normalized spacial score (nSPS) is 21.5. The van der Waals surface area contributed by atoms with E-state index in [0.717, 1.165) is 56.7 Å². The van der Waals surface area contributed by atoms with Gasteiger partial charge in [-0.1, -0.05) is 35.3 Å². The quantitative estimate of drug-likeness (QED) is 0.267. The van der Waals surface area contributed by atoms with Crippen LogP contribution >= 0.6 is 23.2 Å². The molecule has 2 fully saturated rings. The molecule has 4 aromatic rings. The molecule has 3 aliphatic heterocycles. The zero-order chi connectivity index (χ0) is 31.5. The first-order valence-corrected chi connectivity index (χ1v) is 16.1. The van der Waals surface area contributed by atoms with Gasteiger partial charge in [-0.3, -0.25) is 4.99 Å². The summed E-state index contributed by atoms with van der Waals surface area (Å²) in [6.45, 7) is 6.47. The van der Waals surface area contributed by atoms with E-state index in [1.807, 2.05) is 18.2 Å². The van der Waals surface area contributed by atoms with Crippen LogP contribution < -0.4 is 19.9 Å². The Kier molecular flexibility index (Phi) is 8.90. The van der Waals surface area contributed by atoms with Gasteiger partial charge in [-0.15, -0.1) is 0 Å². The summed E-state index contributed by atoms with van der Waals surface area (Å²) in [4.78, 5) is 15.6. The lowest BCUT2D eigenvalue weighted by molar-refractivity contribution is -0.190. The van der Waals surface area contributed by atoms with Crippen LogP contribution in [0.15, 0.2) is 84.4 Å². The maximum atomic E-state index is 6.58. The van der Waals surface area contributed by atoms with Crippen molar-refractivity contribution in [2.24, 2.45) is 4.99 Å². The van der Waals surface area contributed by atoms with Crippen molar-refractivity contribution in [1.82, 2.24) is 19.7 Å². The van der Waals surface area contributed by atoms with Crippen molar-refractivity contribution in [1.29, 1.82) is 0 Å². The molecule has 0 spiro atoms. The Labute approximate surface area is 278 Å². The Hall–Kier alpha value is -4.03. The lowest BCUT2D eigenvalue weighted by Gasteiger charge is -2.37. The average molecular weight is 664 g/mol. The van der Waals surface area contributed by atoms with Gasteiger partial charge in [0, 0.05) is 67.4 Å². The first-order chi connectivity index (χ1) is 22.4. The molecular weight excluding hydrogens is 627 g/mol. The molecule has 46 heavy (non-hydrogen) atoms. The molecule has 1 N–H and O–H groups in total. The lowest BCUT2D eigenvalue weighted by atomic mass is 10.1. The van der Waals surface area contributed by atoms with E-state index in [0.29, 0.717) is 28.8 Å². The maximum Gasteiger partial charge on any atom is 0.217 e. The van der Waals surface area contributed by atoms with E-state index in [1.165, 1.54) is 17.7 Å². The number of aliphatic imine (C=N–C) groups is 1. The predicted octanol–water partition coefficient (Wildman–Crippen LogP) is 4.97. The van der Waals surface area contributed by atoms with E-state index in [4.69, 9.17) is 37.4 Å². The van der Waals surface area contributed by atoms with Gasteiger partial charge >= 0.3 is 0 Å². The van der Waals surface area contributed by atoms with E-state index in [-0.39, 0.29) is 12.6 Å². The highest BCUT2D eigenvalue weighted by Gasteiger charge is 2.45. The van der Waals surface area contributed by atoms with Crippen LogP contribution in [-0.2, 0) is 21.8 Å². The van der Waals surface area contributed by atoms with Gasteiger partial charge in [0.2, 0.25) is 5.79 Å². The fraction of sp³-hybridized carbons (Fsp3) is 0.364. The molecule has 7 rings (SSSR count). The van der Waals surface area contributed by atoms with E-state index in [1.54, 1.807) is 23.1 Å². The number of anilines is 3. The Morgan fingerprint density at radius 2 is 1.76 bits per heavy atom. The van der Waals surface area contributed by atoms with Crippen LogP contribution in [0.25, 0.3) is 0 Å². The highest BCUT2D eigenvalue weighted by atomic mass is 35.5. The maximum absolute atomic E-state index is 6.58. The molecule has 2 unspecified atom stereocenters. The fourth-order valence-corrected chi connectivity index (χ4v) is 6.58. The average Bonchev–Trinajstić information content (AvgIpc) is 3.83. The molecule has 3 aromatic carbocycles. The second kappa shape index (κ2) is 13.4. The standard InChI is InChI=1S/C33H36Cl2N8O3/c1-40-12-11-37-32(40)39-25-3-2-4-27(18-25)42-15-13-41(14-16-42)26-6-8-28(9-7-26)44-19-29-20-45-33(46-29,21-43-23-36-22-38-43)30-10-5-24(34)17-31(30)35/h2-10,17-18,22-23,29H,11-16,19-21H2,1H3,(H,37,39). The van der Waals surface area contributed by atoms with Crippen molar-refractivity contribution in [2.45, 2.75) is 18.4 Å². The van der Waals surface area contributed by atoms with E-state index in [9.17, 15) is 0 Å². The van der Waals surface area contributed by atoms with Crippen molar-refractivity contribution >= 4 is 46.2 Å². The summed E-state index contributed by atoms with van der Waals surface area (Å²) in [7, 11) is 2.06.